The molecule has 0 saturated heterocycles. The molecule has 24 heavy (non-hydrogen) atoms. The predicted octanol–water partition coefficient (Wildman–Crippen LogP) is 7.26. The molecule has 0 N–H and O–H groups in total. The molecule has 0 aromatic carbocycles. The molecule has 1 nitrogen and oxygen atoms in total. The van der Waals surface area contributed by atoms with Gasteiger partial charge in [0.05, 0.1) is 0 Å². The second-order valence-electron chi connectivity index (χ2n) is 8.29. The zero-order valence-corrected chi connectivity index (χ0v) is 17.2. The molecule has 0 bridgehead atoms. The lowest BCUT2D eigenvalue weighted by atomic mass is 9.97. The van der Waals surface area contributed by atoms with Gasteiger partial charge >= 0.3 is 0 Å². The van der Waals surface area contributed by atoms with Gasteiger partial charge in [0, 0.05) is 0 Å². The molecule has 0 heterocycles. The van der Waals surface area contributed by atoms with E-state index >= 15 is 0 Å². The van der Waals surface area contributed by atoms with Crippen LogP contribution in [0.2, 0.25) is 0 Å². The maximum absolute atomic E-state index is 2.79. The van der Waals surface area contributed by atoms with Gasteiger partial charge in [0.1, 0.15) is 0 Å². The van der Waals surface area contributed by atoms with Crippen molar-refractivity contribution in [3.8, 4) is 0 Å². The largest absolute Gasteiger partial charge is 0.303 e. The van der Waals surface area contributed by atoms with E-state index in [9.17, 15) is 0 Å². The summed E-state index contributed by atoms with van der Waals surface area (Å²) >= 11 is 0. The fourth-order valence-corrected chi connectivity index (χ4v) is 4.45. The molecule has 0 amide bonds. The van der Waals surface area contributed by atoms with Crippen molar-refractivity contribution in [2.24, 2.45) is 11.8 Å². The Morgan fingerprint density at radius 3 is 1.92 bits per heavy atom. The molecule has 1 saturated carbocycles. The highest BCUT2D eigenvalue weighted by molar-refractivity contribution is 4.79. The first-order chi connectivity index (χ1) is 11.8. The molecule has 0 spiro atoms. The first kappa shape index (κ1) is 22.0. The van der Waals surface area contributed by atoms with Gasteiger partial charge in [-0.3, -0.25) is 0 Å². The van der Waals surface area contributed by atoms with Gasteiger partial charge in [-0.25, -0.2) is 0 Å². The third-order valence-corrected chi connectivity index (χ3v) is 5.96. The summed E-state index contributed by atoms with van der Waals surface area (Å²) in [7, 11) is 0. The average molecular weight is 337 g/mol. The Hall–Kier alpha value is -0.0400. The Morgan fingerprint density at radius 1 is 0.750 bits per heavy atom. The number of unbranched alkanes of at least 4 members (excludes halogenated alkanes) is 6. The van der Waals surface area contributed by atoms with Crippen molar-refractivity contribution >= 4 is 0 Å². The molecule has 143 valence electrons. The van der Waals surface area contributed by atoms with Crippen LogP contribution in [0, 0.1) is 18.3 Å². The molecule has 1 fully saturated rings. The van der Waals surface area contributed by atoms with Crippen LogP contribution in [0.25, 0.3) is 0 Å². The number of nitrogens with zero attached hydrogens (tertiary/aromatic N) is 1. The molecule has 1 rings (SSSR count). The maximum atomic E-state index is 2.79. The molecule has 0 aromatic heterocycles. The third-order valence-electron chi connectivity index (χ3n) is 5.96. The maximum Gasteiger partial charge on any atom is -0.00186 e. The van der Waals surface area contributed by atoms with Crippen molar-refractivity contribution < 1.29 is 0 Å². The second-order valence-corrected chi connectivity index (χ2v) is 8.29. The zero-order chi connectivity index (χ0) is 17.5. The lowest BCUT2D eigenvalue weighted by Gasteiger charge is -2.23. The van der Waals surface area contributed by atoms with Gasteiger partial charge in [0.2, 0.25) is 0 Å². The highest BCUT2D eigenvalue weighted by Crippen LogP contribution is 2.36. The Kier molecular flexibility index (Phi) is 14.0. The highest BCUT2D eigenvalue weighted by Gasteiger charge is 2.23. The minimum Gasteiger partial charge on any atom is -0.303 e. The average Bonchev–Trinajstić information content (AvgIpc) is 3.02. The summed E-state index contributed by atoms with van der Waals surface area (Å²) in [5, 5.41) is 0. The van der Waals surface area contributed by atoms with Gasteiger partial charge in [0.15, 0.2) is 0 Å². The van der Waals surface area contributed by atoms with Gasteiger partial charge < -0.3 is 4.90 Å². The smallest absolute Gasteiger partial charge is 0.00186 e. The van der Waals surface area contributed by atoms with E-state index in [2.05, 4.69) is 32.1 Å². The van der Waals surface area contributed by atoms with Crippen LogP contribution < -0.4 is 0 Å². The summed E-state index contributed by atoms with van der Waals surface area (Å²) in [6.45, 7) is 10.9. The van der Waals surface area contributed by atoms with Crippen molar-refractivity contribution in [2.45, 2.75) is 111 Å². The lowest BCUT2D eigenvalue weighted by Crippen LogP contribution is -2.27. The van der Waals surface area contributed by atoms with E-state index < -0.39 is 0 Å². The Morgan fingerprint density at radius 2 is 1.33 bits per heavy atom. The van der Waals surface area contributed by atoms with Crippen LogP contribution in [0.4, 0.5) is 0 Å². The van der Waals surface area contributed by atoms with Crippen molar-refractivity contribution in [3.63, 3.8) is 0 Å². The Bertz CT molecular complexity index is 251. The van der Waals surface area contributed by atoms with Crippen LogP contribution >= 0.6 is 0 Å². The topological polar surface area (TPSA) is 3.24 Å². The van der Waals surface area contributed by atoms with E-state index in [1.54, 1.807) is 0 Å². The van der Waals surface area contributed by atoms with Crippen LogP contribution in [0.5, 0.6) is 0 Å². The van der Waals surface area contributed by atoms with Gasteiger partial charge in [-0.05, 0) is 76.4 Å². The summed E-state index contributed by atoms with van der Waals surface area (Å²) in [5.41, 5.74) is 0. The van der Waals surface area contributed by atoms with Crippen LogP contribution in [0.15, 0.2) is 0 Å². The van der Waals surface area contributed by atoms with Crippen molar-refractivity contribution in [1.29, 1.82) is 0 Å². The van der Waals surface area contributed by atoms with E-state index in [0.717, 1.165) is 11.8 Å². The molecule has 2 atom stereocenters. The summed E-state index contributed by atoms with van der Waals surface area (Å²) < 4.78 is 0. The third kappa shape index (κ3) is 10.7. The molecular formula is C23H46N. The van der Waals surface area contributed by atoms with E-state index in [1.807, 2.05) is 0 Å². The second kappa shape index (κ2) is 15.2. The normalized spacial score (nSPS) is 21.0. The molecule has 2 unspecified atom stereocenters. The fraction of sp³-hybridized carbons (Fsp3) is 0.957. The van der Waals surface area contributed by atoms with Crippen molar-refractivity contribution in [2.75, 3.05) is 19.6 Å². The quantitative estimate of drug-likeness (QED) is 0.268. The lowest BCUT2D eigenvalue weighted by molar-refractivity contribution is 0.248. The standard InChI is InChI=1S/C23H46N/c1-4-7-9-11-18-24(19-12-10-8-5-2)20-13-15-23-17-16-22(21-23)14-6-3/h6,22-23H,4-5,7-21H2,1-3H3. The number of rotatable bonds is 16. The zero-order valence-electron chi connectivity index (χ0n) is 17.2. The van der Waals surface area contributed by atoms with Crippen LogP contribution in [-0.2, 0) is 0 Å². The molecule has 0 aliphatic heterocycles. The van der Waals surface area contributed by atoms with Gasteiger partial charge in [-0.15, -0.1) is 0 Å². The predicted molar refractivity (Wildman–Crippen MR) is 109 cm³/mol. The molecular weight excluding hydrogens is 290 g/mol. The molecule has 1 radical (unpaired) electrons. The van der Waals surface area contributed by atoms with Crippen LogP contribution in [0.1, 0.15) is 111 Å². The van der Waals surface area contributed by atoms with Crippen LogP contribution in [-0.4, -0.2) is 24.5 Å². The Balaban J connectivity index is 2.16. The Labute approximate surface area is 154 Å². The van der Waals surface area contributed by atoms with E-state index in [-0.39, 0.29) is 0 Å². The molecule has 0 aromatic rings. The number of hydrogen-bond acceptors (Lipinski definition) is 1. The van der Waals surface area contributed by atoms with E-state index in [0.29, 0.717) is 0 Å². The number of hydrogen-bond donors (Lipinski definition) is 0. The minimum absolute atomic E-state index is 1.01. The van der Waals surface area contributed by atoms with Crippen LogP contribution in [0.3, 0.4) is 0 Å². The SMILES string of the molecule is C[CH]CC1CCC(CCCN(CCCCCC)CCCCCC)C1. The molecule has 1 aliphatic rings. The summed E-state index contributed by atoms with van der Waals surface area (Å²) in [6, 6.07) is 0. The van der Waals surface area contributed by atoms with Gasteiger partial charge in [-0.1, -0.05) is 72.1 Å². The summed E-state index contributed by atoms with van der Waals surface area (Å²) in [6.07, 6.45) is 22.4. The summed E-state index contributed by atoms with van der Waals surface area (Å²) in [5.74, 6) is 2.05. The highest BCUT2D eigenvalue weighted by atomic mass is 15.1. The first-order valence-electron chi connectivity index (χ1n) is 11.3. The monoisotopic (exact) mass is 336 g/mol. The van der Waals surface area contributed by atoms with E-state index in [4.69, 9.17) is 0 Å². The fourth-order valence-electron chi connectivity index (χ4n) is 4.45. The summed E-state index contributed by atoms with van der Waals surface area (Å²) in [4.78, 5) is 2.79. The van der Waals surface area contributed by atoms with Crippen molar-refractivity contribution in [1.82, 2.24) is 4.90 Å². The first-order valence-corrected chi connectivity index (χ1v) is 11.3. The van der Waals surface area contributed by atoms with Gasteiger partial charge in [-0.2, -0.15) is 0 Å². The molecule has 1 heteroatoms. The minimum atomic E-state index is 1.01. The van der Waals surface area contributed by atoms with E-state index in [1.165, 1.54) is 110 Å². The van der Waals surface area contributed by atoms with Gasteiger partial charge in [0.25, 0.3) is 0 Å². The molecule has 1 aliphatic carbocycles. The van der Waals surface area contributed by atoms with Crippen molar-refractivity contribution in [3.05, 3.63) is 6.42 Å².